The molecule has 0 aliphatic rings. The number of carbonyl (C=O) groups is 1. The van der Waals surface area contributed by atoms with Crippen molar-refractivity contribution in [3.8, 4) is 0 Å². The summed E-state index contributed by atoms with van der Waals surface area (Å²) in [6.45, 7) is 0.0683. The van der Waals surface area contributed by atoms with Crippen LogP contribution in [0.25, 0.3) is 11.0 Å². The molecule has 3 aromatic rings. The predicted molar refractivity (Wildman–Crippen MR) is 74.2 cm³/mol. The van der Waals surface area contributed by atoms with E-state index >= 15 is 0 Å². The fourth-order valence-corrected chi connectivity index (χ4v) is 1.92. The van der Waals surface area contributed by atoms with Gasteiger partial charge in [0.1, 0.15) is 12.4 Å². The van der Waals surface area contributed by atoms with Gasteiger partial charge in [-0.25, -0.2) is 4.79 Å². The van der Waals surface area contributed by atoms with E-state index < -0.39 is 0 Å². The quantitative estimate of drug-likeness (QED) is 0.546. The van der Waals surface area contributed by atoms with E-state index in [-0.39, 0.29) is 18.1 Å². The number of hydrogen-bond donors (Lipinski definition) is 4. The maximum absolute atomic E-state index is 11.8. The van der Waals surface area contributed by atoms with Gasteiger partial charge in [0.25, 0.3) is 0 Å². The normalized spacial score (nSPS) is 10.8. The van der Waals surface area contributed by atoms with Crippen LogP contribution in [-0.4, -0.2) is 25.7 Å². The summed E-state index contributed by atoms with van der Waals surface area (Å²) in [4.78, 5) is 28.2. The molecule has 8 nitrogen and oxygen atoms in total. The molecule has 3 rings (SSSR count). The lowest BCUT2D eigenvalue weighted by molar-refractivity contribution is -0.116. The highest BCUT2D eigenvalue weighted by Gasteiger charge is 2.06. The fourth-order valence-electron chi connectivity index (χ4n) is 1.92. The first-order chi connectivity index (χ1) is 9.60. The average Bonchev–Trinajstić information content (AvgIpc) is 2.93. The van der Waals surface area contributed by atoms with Gasteiger partial charge in [-0.1, -0.05) is 0 Å². The van der Waals surface area contributed by atoms with E-state index in [2.05, 4.69) is 20.4 Å². The van der Waals surface area contributed by atoms with Crippen LogP contribution in [-0.2, 0) is 11.3 Å². The molecule has 20 heavy (non-hydrogen) atoms. The van der Waals surface area contributed by atoms with Crippen LogP contribution in [0.2, 0.25) is 0 Å². The highest BCUT2D eigenvalue weighted by molar-refractivity contribution is 5.92. The third kappa shape index (κ3) is 2.39. The highest BCUT2D eigenvalue weighted by atomic mass is 16.2. The molecule has 2 aromatic heterocycles. The number of H-pyrrole nitrogens is 2. The molecular weight excluding hydrogens is 260 g/mol. The molecule has 0 saturated heterocycles. The number of amides is 1. The molecule has 2 heterocycles. The van der Waals surface area contributed by atoms with E-state index in [1.54, 1.807) is 30.5 Å². The average molecular weight is 272 g/mol. The Balaban J connectivity index is 1.75. The van der Waals surface area contributed by atoms with Crippen molar-refractivity contribution in [2.45, 2.75) is 6.54 Å². The Bertz CT molecular complexity index is 828. The largest absolute Gasteiger partial charge is 0.382 e. The summed E-state index contributed by atoms with van der Waals surface area (Å²) < 4.78 is 1.45. The molecule has 0 fully saturated rings. The second-order valence-corrected chi connectivity index (χ2v) is 4.33. The summed E-state index contributed by atoms with van der Waals surface area (Å²) in [5.74, 6) is 0.134. The monoisotopic (exact) mass is 272 g/mol. The summed E-state index contributed by atoms with van der Waals surface area (Å²) >= 11 is 0. The zero-order valence-corrected chi connectivity index (χ0v) is 10.4. The summed E-state index contributed by atoms with van der Waals surface area (Å²) in [7, 11) is 0. The smallest absolute Gasteiger partial charge is 0.323 e. The van der Waals surface area contributed by atoms with Gasteiger partial charge in [0, 0.05) is 11.9 Å². The number of benzene rings is 1. The van der Waals surface area contributed by atoms with Crippen LogP contribution in [0.15, 0.2) is 35.3 Å². The number of aromatic nitrogens is 4. The maximum atomic E-state index is 11.8. The van der Waals surface area contributed by atoms with Crippen molar-refractivity contribution in [1.29, 1.82) is 0 Å². The van der Waals surface area contributed by atoms with E-state index in [4.69, 9.17) is 5.73 Å². The van der Waals surface area contributed by atoms with Crippen molar-refractivity contribution in [1.82, 2.24) is 19.7 Å². The van der Waals surface area contributed by atoms with Crippen LogP contribution in [0.5, 0.6) is 0 Å². The van der Waals surface area contributed by atoms with Crippen LogP contribution < -0.4 is 16.7 Å². The number of aromatic amines is 2. The Hall–Kier alpha value is -3.03. The van der Waals surface area contributed by atoms with E-state index in [0.29, 0.717) is 22.5 Å². The van der Waals surface area contributed by atoms with Crippen molar-refractivity contribution in [2.24, 2.45) is 0 Å². The first-order valence-corrected chi connectivity index (χ1v) is 5.91. The number of nitrogens with zero attached hydrogens (tertiary/aromatic N) is 2. The number of imidazole rings is 1. The number of rotatable bonds is 3. The van der Waals surface area contributed by atoms with Crippen LogP contribution in [0.1, 0.15) is 0 Å². The lowest BCUT2D eigenvalue weighted by Crippen LogP contribution is -2.19. The van der Waals surface area contributed by atoms with Crippen LogP contribution in [0, 0.1) is 0 Å². The van der Waals surface area contributed by atoms with Gasteiger partial charge in [0.15, 0.2) is 0 Å². The zero-order chi connectivity index (χ0) is 14.1. The number of hydrogen-bond acceptors (Lipinski definition) is 4. The molecule has 5 N–H and O–H groups in total. The molecule has 0 aliphatic carbocycles. The molecule has 0 spiro atoms. The zero-order valence-electron chi connectivity index (χ0n) is 10.4. The van der Waals surface area contributed by atoms with E-state index in [0.717, 1.165) is 0 Å². The Morgan fingerprint density at radius 3 is 2.85 bits per heavy atom. The van der Waals surface area contributed by atoms with Crippen molar-refractivity contribution in [3.63, 3.8) is 0 Å². The summed E-state index contributed by atoms with van der Waals surface area (Å²) in [6, 6.07) is 6.72. The Kier molecular flexibility index (Phi) is 2.75. The molecule has 0 bridgehead atoms. The van der Waals surface area contributed by atoms with Gasteiger partial charge in [0.05, 0.1) is 11.0 Å². The molecule has 0 unspecified atom stereocenters. The van der Waals surface area contributed by atoms with E-state index in [1.165, 1.54) is 4.68 Å². The van der Waals surface area contributed by atoms with Gasteiger partial charge in [-0.2, -0.15) is 5.10 Å². The van der Waals surface area contributed by atoms with Crippen molar-refractivity contribution in [2.75, 3.05) is 11.1 Å². The minimum absolute atomic E-state index is 0.0683. The first-order valence-electron chi connectivity index (χ1n) is 5.91. The van der Waals surface area contributed by atoms with Crippen LogP contribution in [0.3, 0.4) is 0 Å². The summed E-state index contributed by atoms with van der Waals surface area (Å²) in [5.41, 5.74) is 7.11. The maximum Gasteiger partial charge on any atom is 0.323 e. The van der Waals surface area contributed by atoms with Crippen molar-refractivity contribution < 1.29 is 4.79 Å². The van der Waals surface area contributed by atoms with Crippen LogP contribution in [0.4, 0.5) is 11.5 Å². The van der Waals surface area contributed by atoms with E-state index in [9.17, 15) is 9.59 Å². The number of carbonyl (C=O) groups excluding carboxylic acids is 1. The molecule has 0 saturated carbocycles. The molecule has 0 radical (unpaired) electrons. The molecular formula is C12H12N6O2. The van der Waals surface area contributed by atoms with Crippen molar-refractivity contribution in [3.05, 3.63) is 40.9 Å². The van der Waals surface area contributed by atoms with Gasteiger partial charge in [-0.05, 0) is 24.3 Å². The second-order valence-electron chi connectivity index (χ2n) is 4.33. The lowest BCUT2D eigenvalue weighted by atomic mass is 10.3. The van der Waals surface area contributed by atoms with Crippen LogP contribution >= 0.6 is 0 Å². The standard InChI is InChI=1S/C12H12N6O2/c13-10-3-4-18(17-10)6-11(19)14-7-1-2-8-9(5-7)16-12(20)15-8/h1-5H,6H2,(H2,13,17)(H,14,19)(H2,15,16,20). The van der Waals surface area contributed by atoms with E-state index in [1.807, 2.05) is 0 Å². The Labute approximate surface area is 112 Å². The Morgan fingerprint density at radius 2 is 2.10 bits per heavy atom. The number of anilines is 2. The number of nitrogen functional groups attached to an aromatic ring is 1. The molecule has 102 valence electrons. The predicted octanol–water partition coefficient (Wildman–Crippen LogP) is 0.274. The SMILES string of the molecule is Nc1ccn(CC(=O)Nc2ccc3[nH]c(=O)[nH]c3c2)n1. The highest BCUT2D eigenvalue weighted by Crippen LogP contribution is 2.14. The fraction of sp³-hybridized carbons (Fsp3) is 0.0833. The summed E-state index contributed by atoms with van der Waals surface area (Å²) in [6.07, 6.45) is 1.63. The van der Waals surface area contributed by atoms with Gasteiger partial charge >= 0.3 is 5.69 Å². The minimum Gasteiger partial charge on any atom is -0.382 e. The molecule has 0 aliphatic heterocycles. The Morgan fingerprint density at radius 1 is 1.30 bits per heavy atom. The molecule has 1 amide bonds. The molecule has 1 aromatic carbocycles. The van der Waals surface area contributed by atoms with Crippen molar-refractivity contribution >= 4 is 28.4 Å². The number of fused-ring (bicyclic) bond motifs is 1. The van der Waals surface area contributed by atoms with Gasteiger partial charge in [-0.15, -0.1) is 0 Å². The summed E-state index contributed by atoms with van der Waals surface area (Å²) in [5, 5.41) is 6.65. The molecule has 8 heteroatoms. The van der Waals surface area contributed by atoms with Gasteiger partial charge in [0.2, 0.25) is 5.91 Å². The number of nitrogens with one attached hydrogen (secondary N) is 3. The number of nitrogens with two attached hydrogens (primary N) is 1. The lowest BCUT2D eigenvalue weighted by Gasteiger charge is -2.05. The third-order valence-corrected chi connectivity index (χ3v) is 2.77. The van der Waals surface area contributed by atoms with Gasteiger partial charge < -0.3 is 21.0 Å². The van der Waals surface area contributed by atoms with Gasteiger partial charge in [-0.3, -0.25) is 9.48 Å². The first kappa shape index (κ1) is 12.0. The third-order valence-electron chi connectivity index (χ3n) is 2.77. The topological polar surface area (TPSA) is 122 Å². The molecule has 0 atom stereocenters. The second kappa shape index (κ2) is 4.57. The minimum atomic E-state index is -0.282.